The van der Waals surface area contributed by atoms with Crippen molar-refractivity contribution in [3.05, 3.63) is 20.3 Å². The largest absolute Gasteiger partial charge is 0.465 e. The molecule has 1 aliphatic rings. The van der Waals surface area contributed by atoms with Crippen LogP contribution in [-0.2, 0) is 6.54 Å². The number of fused-ring (bicyclic) bond motifs is 1. The van der Waals surface area contributed by atoms with Gasteiger partial charge in [0.05, 0.1) is 16.4 Å². The van der Waals surface area contributed by atoms with E-state index in [9.17, 15) is 4.79 Å². The summed E-state index contributed by atoms with van der Waals surface area (Å²) in [5, 5.41) is 8.86. The molecule has 2 rings (SSSR count). The molecule has 2 heterocycles. The highest BCUT2D eigenvalue weighted by Crippen LogP contribution is 2.40. The highest BCUT2D eigenvalue weighted by Gasteiger charge is 2.31. The molecule has 70 valence electrons. The van der Waals surface area contributed by atoms with Crippen molar-refractivity contribution in [2.75, 3.05) is 0 Å². The normalized spacial score (nSPS) is 20.5. The van der Waals surface area contributed by atoms with Gasteiger partial charge in [-0.3, -0.25) is 4.90 Å². The molecule has 13 heavy (non-hydrogen) atoms. The number of halogens is 1. The fraction of sp³-hybridized carbons (Fsp3) is 0.375. The van der Waals surface area contributed by atoms with Gasteiger partial charge in [0.1, 0.15) is 0 Å². The summed E-state index contributed by atoms with van der Waals surface area (Å²) in [7, 11) is 0. The van der Waals surface area contributed by atoms with Crippen molar-refractivity contribution >= 4 is 33.4 Å². The van der Waals surface area contributed by atoms with Gasteiger partial charge in [-0.25, -0.2) is 4.79 Å². The molecule has 0 fully saturated rings. The molecule has 0 radical (unpaired) electrons. The molecule has 1 amide bonds. The maximum Gasteiger partial charge on any atom is 0.408 e. The van der Waals surface area contributed by atoms with Crippen LogP contribution in [0.25, 0.3) is 0 Å². The lowest BCUT2D eigenvalue weighted by molar-refractivity contribution is 0.132. The zero-order valence-corrected chi connectivity index (χ0v) is 9.35. The Bertz CT molecular complexity index is 363. The second-order valence-corrected chi connectivity index (χ2v) is 5.53. The minimum atomic E-state index is -0.841. The first kappa shape index (κ1) is 9.02. The molecular formula is C8H8BrNO2S. The molecule has 0 aromatic carbocycles. The Morgan fingerprint density at radius 2 is 2.54 bits per heavy atom. The summed E-state index contributed by atoms with van der Waals surface area (Å²) in [6.07, 6.45) is -0.841. The number of carboxylic acid groups (broad SMARTS) is 1. The average molecular weight is 262 g/mol. The van der Waals surface area contributed by atoms with Gasteiger partial charge in [0, 0.05) is 4.88 Å². The number of carbonyl (C=O) groups is 1. The lowest BCUT2D eigenvalue weighted by Crippen LogP contribution is -2.26. The lowest BCUT2D eigenvalue weighted by atomic mass is 10.2. The van der Waals surface area contributed by atoms with Gasteiger partial charge in [0.2, 0.25) is 0 Å². The van der Waals surface area contributed by atoms with Crippen LogP contribution in [0.2, 0.25) is 0 Å². The molecule has 3 nitrogen and oxygen atoms in total. The summed E-state index contributed by atoms with van der Waals surface area (Å²) in [5.74, 6) is 0. The van der Waals surface area contributed by atoms with Crippen molar-refractivity contribution in [3.63, 3.8) is 0 Å². The van der Waals surface area contributed by atoms with E-state index in [1.54, 1.807) is 11.3 Å². The number of rotatable bonds is 0. The molecular weight excluding hydrogens is 254 g/mol. The first-order chi connectivity index (χ1) is 6.09. The summed E-state index contributed by atoms with van der Waals surface area (Å²) < 4.78 is 1.08. The van der Waals surface area contributed by atoms with Crippen LogP contribution < -0.4 is 0 Å². The van der Waals surface area contributed by atoms with E-state index >= 15 is 0 Å². The molecule has 5 heteroatoms. The molecule has 1 atom stereocenters. The van der Waals surface area contributed by atoms with E-state index in [0.717, 1.165) is 14.2 Å². The Kier molecular flexibility index (Phi) is 2.08. The lowest BCUT2D eigenvalue weighted by Gasteiger charge is -2.17. The summed E-state index contributed by atoms with van der Waals surface area (Å²) in [6.45, 7) is 2.45. The maximum atomic E-state index is 10.8. The van der Waals surface area contributed by atoms with E-state index < -0.39 is 6.09 Å². The smallest absolute Gasteiger partial charge is 0.408 e. The Hall–Kier alpha value is -0.550. The van der Waals surface area contributed by atoms with Gasteiger partial charge in [-0.2, -0.15) is 0 Å². The van der Waals surface area contributed by atoms with Crippen LogP contribution in [0.15, 0.2) is 9.85 Å². The Labute approximate surface area is 88.1 Å². The van der Waals surface area contributed by atoms with Gasteiger partial charge in [-0.1, -0.05) is 0 Å². The van der Waals surface area contributed by atoms with Crippen LogP contribution >= 0.6 is 27.3 Å². The number of hydrogen-bond acceptors (Lipinski definition) is 2. The fourth-order valence-electron chi connectivity index (χ4n) is 1.58. The monoisotopic (exact) mass is 261 g/mol. The summed E-state index contributed by atoms with van der Waals surface area (Å²) in [4.78, 5) is 13.4. The van der Waals surface area contributed by atoms with Crippen molar-refractivity contribution in [3.8, 4) is 0 Å². The van der Waals surface area contributed by atoms with Gasteiger partial charge < -0.3 is 5.11 Å². The van der Waals surface area contributed by atoms with Gasteiger partial charge in [-0.15, -0.1) is 11.3 Å². The molecule has 1 aliphatic heterocycles. The summed E-state index contributed by atoms with van der Waals surface area (Å²) in [5.41, 5.74) is 1.14. The second-order valence-electron chi connectivity index (χ2n) is 3.02. The third-order valence-corrected chi connectivity index (χ3v) is 3.93. The van der Waals surface area contributed by atoms with Gasteiger partial charge in [0.15, 0.2) is 0 Å². The van der Waals surface area contributed by atoms with Crippen molar-refractivity contribution in [2.45, 2.75) is 19.5 Å². The molecule has 1 N–H and O–H groups in total. The molecule has 0 spiro atoms. The topological polar surface area (TPSA) is 40.5 Å². The fourth-order valence-corrected chi connectivity index (χ4v) is 3.38. The Morgan fingerprint density at radius 3 is 3.08 bits per heavy atom. The van der Waals surface area contributed by atoms with Crippen molar-refractivity contribution < 1.29 is 9.90 Å². The van der Waals surface area contributed by atoms with Crippen LogP contribution in [0.3, 0.4) is 0 Å². The first-order valence-corrected chi connectivity index (χ1v) is 5.48. The van der Waals surface area contributed by atoms with Crippen molar-refractivity contribution in [1.82, 2.24) is 4.90 Å². The predicted octanol–water partition coefficient (Wildman–Crippen LogP) is 3.07. The average Bonchev–Trinajstić information content (AvgIpc) is 2.51. The van der Waals surface area contributed by atoms with Gasteiger partial charge >= 0.3 is 6.09 Å². The standard InChI is InChI=1S/C8H8BrNO2S/c1-4-5-2-7(9)13-6(5)3-10(4)8(11)12/h2,4H,3H2,1H3,(H,11,12). The van der Waals surface area contributed by atoms with Crippen LogP contribution in [0.1, 0.15) is 23.4 Å². The number of thiophene rings is 1. The Morgan fingerprint density at radius 1 is 1.85 bits per heavy atom. The van der Waals surface area contributed by atoms with Gasteiger partial charge in [0.25, 0.3) is 0 Å². The highest BCUT2D eigenvalue weighted by atomic mass is 79.9. The highest BCUT2D eigenvalue weighted by molar-refractivity contribution is 9.11. The van der Waals surface area contributed by atoms with E-state index in [1.807, 2.05) is 13.0 Å². The molecule has 0 saturated heterocycles. The van der Waals surface area contributed by atoms with Crippen molar-refractivity contribution in [1.29, 1.82) is 0 Å². The third-order valence-electron chi connectivity index (χ3n) is 2.29. The molecule has 0 bridgehead atoms. The third kappa shape index (κ3) is 1.36. The van der Waals surface area contributed by atoms with E-state index in [1.165, 1.54) is 4.90 Å². The quantitative estimate of drug-likeness (QED) is 0.780. The predicted molar refractivity (Wildman–Crippen MR) is 54.0 cm³/mol. The van der Waals surface area contributed by atoms with E-state index in [0.29, 0.717) is 6.54 Å². The second kappa shape index (κ2) is 2.99. The number of amides is 1. The van der Waals surface area contributed by atoms with Crippen LogP contribution in [0.4, 0.5) is 4.79 Å². The number of hydrogen-bond donors (Lipinski definition) is 1. The van der Waals surface area contributed by atoms with E-state index in [4.69, 9.17) is 5.11 Å². The van der Waals surface area contributed by atoms with Crippen LogP contribution in [0.5, 0.6) is 0 Å². The van der Waals surface area contributed by atoms with Crippen LogP contribution in [-0.4, -0.2) is 16.1 Å². The molecule has 1 aromatic heterocycles. The van der Waals surface area contributed by atoms with E-state index in [2.05, 4.69) is 15.9 Å². The minimum Gasteiger partial charge on any atom is -0.465 e. The molecule has 1 aromatic rings. The van der Waals surface area contributed by atoms with Gasteiger partial charge in [-0.05, 0) is 34.5 Å². The maximum absolute atomic E-state index is 10.8. The summed E-state index contributed by atoms with van der Waals surface area (Å²) >= 11 is 5.01. The van der Waals surface area contributed by atoms with E-state index in [-0.39, 0.29) is 6.04 Å². The zero-order chi connectivity index (χ0) is 9.59. The SMILES string of the molecule is CC1c2cc(Br)sc2CN1C(=O)O. The zero-order valence-electron chi connectivity index (χ0n) is 6.95. The van der Waals surface area contributed by atoms with Crippen LogP contribution in [0, 0.1) is 0 Å². The molecule has 0 saturated carbocycles. The Balaban J connectivity index is 2.34. The number of nitrogens with zero attached hydrogens (tertiary/aromatic N) is 1. The molecule has 1 unspecified atom stereocenters. The first-order valence-electron chi connectivity index (χ1n) is 3.87. The summed E-state index contributed by atoms with van der Waals surface area (Å²) in [6, 6.07) is 2.00. The minimum absolute atomic E-state index is 0.00458. The van der Waals surface area contributed by atoms with Crippen molar-refractivity contribution in [2.24, 2.45) is 0 Å². The molecule has 0 aliphatic carbocycles.